The number of ketones is 1. The average molecular weight is 305 g/mol. The van der Waals surface area contributed by atoms with Crippen LogP contribution in [0.4, 0.5) is 13.2 Å². The van der Waals surface area contributed by atoms with E-state index in [1.165, 1.54) is 13.0 Å². The second-order valence-electron chi connectivity index (χ2n) is 4.74. The minimum Gasteiger partial charge on any atom is -0.298 e. The van der Waals surface area contributed by atoms with Gasteiger partial charge in [-0.15, -0.1) is 0 Å². The molecule has 0 atom stereocenters. The molecule has 0 saturated heterocycles. The highest BCUT2D eigenvalue weighted by atomic mass is 32.2. The maximum Gasteiger partial charge on any atom is 0.417 e. The predicted octanol–water partition coefficient (Wildman–Crippen LogP) is 3.27. The molecule has 1 aromatic rings. The first-order valence-electron chi connectivity index (χ1n) is 5.77. The highest BCUT2D eigenvalue weighted by Crippen LogP contribution is 2.29. The van der Waals surface area contributed by atoms with Crippen LogP contribution < -0.4 is 0 Å². The van der Waals surface area contributed by atoms with Crippen LogP contribution in [0.2, 0.25) is 0 Å². The molecular weight excluding hydrogens is 291 g/mol. The van der Waals surface area contributed by atoms with E-state index in [4.69, 9.17) is 0 Å². The molecule has 0 bridgehead atoms. The molecule has 1 rings (SSSR count). The van der Waals surface area contributed by atoms with Gasteiger partial charge in [-0.3, -0.25) is 14.6 Å². The first-order valence-corrected chi connectivity index (χ1v) is 6.59. The number of nitrogens with zero attached hydrogens (tertiary/aromatic N) is 1. The molecule has 20 heavy (non-hydrogen) atoms. The topological polar surface area (TPSA) is 47.0 Å². The average Bonchev–Trinajstić information content (AvgIpc) is 2.26. The summed E-state index contributed by atoms with van der Waals surface area (Å²) < 4.78 is 36.2. The van der Waals surface area contributed by atoms with Crippen molar-refractivity contribution >= 4 is 22.7 Å². The number of hydrogen-bond acceptors (Lipinski definition) is 4. The molecule has 0 amide bonds. The third kappa shape index (κ3) is 4.63. The summed E-state index contributed by atoms with van der Waals surface area (Å²) in [5.41, 5.74) is -0.605. The summed E-state index contributed by atoms with van der Waals surface area (Å²) in [6.45, 7) is 4.56. The predicted molar refractivity (Wildman–Crippen MR) is 70.3 cm³/mol. The van der Waals surface area contributed by atoms with E-state index in [9.17, 15) is 22.8 Å². The second kappa shape index (κ2) is 5.95. The molecule has 1 heterocycles. The van der Waals surface area contributed by atoms with Gasteiger partial charge in [0.2, 0.25) is 0 Å². The van der Waals surface area contributed by atoms with Crippen molar-refractivity contribution in [3.8, 4) is 0 Å². The van der Waals surface area contributed by atoms with Gasteiger partial charge in [-0.25, -0.2) is 0 Å². The molecule has 110 valence electrons. The summed E-state index contributed by atoms with van der Waals surface area (Å²) in [6, 6.07) is 2.07. The van der Waals surface area contributed by atoms with E-state index in [0.717, 1.165) is 17.8 Å². The van der Waals surface area contributed by atoms with E-state index in [1.807, 2.05) is 0 Å². The first-order chi connectivity index (χ1) is 9.02. The van der Waals surface area contributed by atoms with Gasteiger partial charge in [-0.1, -0.05) is 11.8 Å². The normalized spacial score (nSPS) is 12.3. The summed E-state index contributed by atoms with van der Waals surface area (Å²) >= 11 is 0.895. The zero-order valence-corrected chi connectivity index (χ0v) is 12.1. The van der Waals surface area contributed by atoms with Crippen molar-refractivity contribution in [1.29, 1.82) is 0 Å². The maximum atomic E-state index is 12.4. The molecule has 0 aliphatic rings. The number of Topliss-reactive ketones (excluding diaryl/α,β-unsaturated/α-hetero) is 1. The summed E-state index contributed by atoms with van der Waals surface area (Å²) in [6.07, 6.45) is -3.85. The minimum absolute atomic E-state index is 0.106. The van der Waals surface area contributed by atoms with Gasteiger partial charge in [0.05, 0.1) is 16.7 Å². The van der Waals surface area contributed by atoms with Crippen molar-refractivity contribution in [2.45, 2.75) is 38.1 Å². The molecule has 7 heteroatoms. The number of thioether (sulfide) groups is 1. The Hall–Kier alpha value is -1.37. The highest BCUT2D eigenvalue weighted by molar-refractivity contribution is 8.15. The lowest BCUT2D eigenvalue weighted by molar-refractivity contribution is -0.137. The first kappa shape index (κ1) is 16.7. The number of aromatic nitrogens is 1. The molecule has 0 N–H and O–H groups in total. The quantitative estimate of drug-likeness (QED) is 0.856. The molecule has 0 spiro atoms. The van der Waals surface area contributed by atoms with Crippen molar-refractivity contribution in [2.75, 3.05) is 0 Å². The Balaban J connectivity index is 2.79. The number of alkyl halides is 3. The molecule has 0 radical (unpaired) electrons. The van der Waals surface area contributed by atoms with E-state index in [-0.39, 0.29) is 23.0 Å². The molecule has 3 nitrogen and oxygen atoms in total. The number of halogens is 3. The number of pyridine rings is 1. The summed E-state index contributed by atoms with van der Waals surface area (Å²) in [7, 11) is 0. The van der Waals surface area contributed by atoms with Crippen molar-refractivity contribution in [3.63, 3.8) is 0 Å². The number of carbonyl (C=O) groups excluding carboxylic acids is 2. The standard InChI is InChI=1S/C13H14F3NO2S/c1-8(18)20-12(2,3)11(19)6-10-5-4-9(7-17-10)13(14,15)16/h4-5,7H,6H2,1-3H3. The Morgan fingerprint density at radius 2 is 1.85 bits per heavy atom. The van der Waals surface area contributed by atoms with Crippen LogP contribution >= 0.6 is 11.8 Å². The largest absolute Gasteiger partial charge is 0.417 e. The SMILES string of the molecule is CC(=O)SC(C)(C)C(=O)Cc1ccc(C(F)(F)F)cn1. The van der Waals surface area contributed by atoms with Crippen LogP contribution in [0.5, 0.6) is 0 Å². The van der Waals surface area contributed by atoms with Gasteiger partial charge in [0.25, 0.3) is 0 Å². The fraction of sp³-hybridized carbons (Fsp3) is 0.462. The van der Waals surface area contributed by atoms with Gasteiger partial charge in [0, 0.05) is 18.8 Å². The summed E-state index contributed by atoms with van der Waals surface area (Å²) in [5.74, 6) is -0.259. The maximum absolute atomic E-state index is 12.4. The van der Waals surface area contributed by atoms with E-state index < -0.39 is 16.5 Å². The Labute approximate surface area is 119 Å². The monoisotopic (exact) mass is 305 g/mol. The number of rotatable bonds is 4. The molecule has 0 aromatic carbocycles. The van der Waals surface area contributed by atoms with Crippen molar-refractivity contribution in [3.05, 3.63) is 29.6 Å². The van der Waals surface area contributed by atoms with Crippen LogP contribution in [0.3, 0.4) is 0 Å². The van der Waals surface area contributed by atoms with E-state index in [1.54, 1.807) is 13.8 Å². The lowest BCUT2D eigenvalue weighted by Crippen LogP contribution is -2.30. The van der Waals surface area contributed by atoms with E-state index in [0.29, 0.717) is 6.20 Å². The fourth-order valence-corrected chi connectivity index (χ4v) is 2.39. The molecule has 0 saturated carbocycles. The third-order valence-corrected chi connectivity index (χ3v) is 3.59. The minimum atomic E-state index is -4.45. The van der Waals surface area contributed by atoms with Crippen molar-refractivity contribution in [2.24, 2.45) is 0 Å². The molecule has 0 aliphatic heterocycles. The van der Waals surface area contributed by atoms with Gasteiger partial charge in [0.1, 0.15) is 0 Å². The van der Waals surface area contributed by atoms with Gasteiger partial charge >= 0.3 is 6.18 Å². The number of hydrogen-bond donors (Lipinski definition) is 0. The Bertz CT molecular complexity index is 509. The van der Waals surface area contributed by atoms with E-state index >= 15 is 0 Å². The van der Waals surface area contributed by atoms with Gasteiger partial charge in [-0.05, 0) is 26.0 Å². The Morgan fingerprint density at radius 3 is 2.25 bits per heavy atom. The second-order valence-corrected chi connectivity index (χ2v) is 6.54. The molecular formula is C13H14F3NO2S. The van der Waals surface area contributed by atoms with Gasteiger partial charge in [-0.2, -0.15) is 13.2 Å². The Morgan fingerprint density at radius 1 is 1.25 bits per heavy atom. The molecule has 0 aliphatic carbocycles. The van der Waals surface area contributed by atoms with Crippen molar-refractivity contribution in [1.82, 2.24) is 4.98 Å². The Kier molecular flexibility index (Phi) is 4.96. The summed E-state index contributed by atoms with van der Waals surface area (Å²) in [4.78, 5) is 26.7. The number of carbonyl (C=O) groups is 2. The van der Waals surface area contributed by atoms with Gasteiger partial charge in [0.15, 0.2) is 10.9 Å². The highest BCUT2D eigenvalue weighted by Gasteiger charge is 2.32. The van der Waals surface area contributed by atoms with E-state index in [2.05, 4.69) is 4.98 Å². The fourth-order valence-electron chi connectivity index (χ4n) is 1.49. The van der Waals surface area contributed by atoms with Crippen molar-refractivity contribution < 1.29 is 22.8 Å². The molecule has 0 fully saturated rings. The molecule has 1 aromatic heterocycles. The summed E-state index contributed by atoms with van der Waals surface area (Å²) in [5, 5.41) is -0.191. The van der Waals surface area contributed by atoms with Crippen LogP contribution in [-0.2, 0) is 22.2 Å². The third-order valence-electron chi connectivity index (χ3n) is 2.56. The lowest BCUT2D eigenvalue weighted by Gasteiger charge is -2.20. The molecule has 0 unspecified atom stereocenters. The zero-order valence-electron chi connectivity index (χ0n) is 11.2. The van der Waals surface area contributed by atoms with Gasteiger partial charge < -0.3 is 0 Å². The van der Waals surface area contributed by atoms with Crippen LogP contribution in [0, 0.1) is 0 Å². The smallest absolute Gasteiger partial charge is 0.298 e. The lowest BCUT2D eigenvalue weighted by atomic mass is 10.0. The van der Waals surface area contributed by atoms with Crippen LogP contribution in [-0.4, -0.2) is 20.6 Å². The zero-order chi connectivity index (χ0) is 15.6. The van der Waals surface area contributed by atoms with Crippen LogP contribution in [0.25, 0.3) is 0 Å². The van der Waals surface area contributed by atoms with Crippen LogP contribution in [0.1, 0.15) is 32.0 Å². The van der Waals surface area contributed by atoms with Crippen LogP contribution in [0.15, 0.2) is 18.3 Å².